The standard InChI is InChI=1S/C32H51O3PSi2.C27H38O3.C22H34O2Si.C4H8O/c1-31(2,3)37(7,8)34-27-23-26(24-28(25-27)35-38(9,10)32(4,5)6)21-22-36(33,29-17-13-11-14-18-29)30-19-15-12-16-20-30;1-25(2,30)11-5-13-27(14-15-27)24-10-9-23-20(6-4-12-26(23,24)3)8-7-19-16-21(28)18-22(29)17-19;1-20(2,24-25(4,5)6)12-8-14-22(15-16-22)19-11-10-17-18(23)9-7-13-21(17,19)3;1-2-4-5-3-1/h11-21,27-28H,22-25H2,1-10H3;7-8,10,21-23,28-30H,4,6,9,12-18H2,1-3H3;11,17H,7,9-10,13-16H2,1-6H3;1-4H2/b;19-7?,20-8+;;/t27-,28?;21-,22?,23?,26+;17?,21-;/m110./s1. The molecule has 0 bridgehead atoms. The van der Waals surface area contributed by atoms with Crippen LogP contribution in [0.2, 0.25) is 55.9 Å². The number of ketones is 1. The maximum atomic E-state index is 14.6. The van der Waals surface area contributed by atoms with E-state index in [-0.39, 0.29) is 55.5 Å². The molecule has 1 heterocycles. The molecule has 1 saturated heterocycles. The van der Waals surface area contributed by atoms with Gasteiger partial charge in [0.1, 0.15) is 24.1 Å². The highest BCUT2D eigenvalue weighted by molar-refractivity contribution is 7.78. The number of fused-ring (bicyclic) bond motifs is 2. The van der Waals surface area contributed by atoms with Crippen LogP contribution in [-0.2, 0) is 27.4 Å². The fraction of sp³-hybridized carbons (Fsp3) is 0.682. The van der Waals surface area contributed by atoms with Crippen molar-refractivity contribution in [3.63, 3.8) is 0 Å². The topological polar surface area (TPSA) is 132 Å². The van der Waals surface area contributed by atoms with E-state index in [1.807, 2.05) is 60.7 Å². The van der Waals surface area contributed by atoms with E-state index in [1.165, 1.54) is 74.5 Å². The summed E-state index contributed by atoms with van der Waals surface area (Å²) in [4.78, 5) is 12.4. The molecule has 7 fully saturated rings. The molecule has 2 aromatic carbocycles. The zero-order valence-corrected chi connectivity index (χ0v) is 68.4. The molecule has 8 aliphatic carbocycles. The summed E-state index contributed by atoms with van der Waals surface area (Å²) in [5, 5.41) is 32.0. The maximum Gasteiger partial charge on any atom is 0.192 e. The first-order valence-corrected chi connectivity index (χ1v) is 49.1. The summed E-state index contributed by atoms with van der Waals surface area (Å²) < 4.78 is 39.7. The number of ether oxygens (including phenoxy) is 1. The van der Waals surface area contributed by atoms with Gasteiger partial charge in [-0.15, -0.1) is 0 Å². The smallest absolute Gasteiger partial charge is 0.192 e. The lowest BCUT2D eigenvalue weighted by molar-refractivity contribution is -0.128. The highest BCUT2D eigenvalue weighted by Crippen LogP contribution is 2.68. The lowest BCUT2D eigenvalue weighted by atomic mass is 9.61. The second kappa shape index (κ2) is 31.9. The van der Waals surface area contributed by atoms with Crippen molar-refractivity contribution in [3.05, 3.63) is 119 Å². The Hall–Kier alpha value is -3.47. The van der Waals surface area contributed by atoms with Crippen LogP contribution in [-0.4, -0.2) is 101 Å². The van der Waals surface area contributed by atoms with Gasteiger partial charge in [0.25, 0.3) is 0 Å². The van der Waals surface area contributed by atoms with Gasteiger partial charge in [0.2, 0.25) is 0 Å². The number of carbonyl (C=O) groups is 1. The molecule has 3 N–H and O–H groups in total. The van der Waals surface area contributed by atoms with Crippen molar-refractivity contribution in [2.75, 3.05) is 19.4 Å². The van der Waals surface area contributed by atoms with Gasteiger partial charge in [-0.05, 0) is 222 Å². The fourth-order valence-electron chi connectivity index (χ4n) is 16.7. The van der Waals surface area contributed by atoms with E-state index in [1.54, 1.807) is 25.0 Å². The summed E-state index contributed by atoms with van der Waals surface area (Å²) in [6, 6.07) is 20.0. The van der Waals surface area contributed by atoms with Crippen LogP contribution in [0.15, 0.2) is 119 Å². The Bertz CT molecular complexity index is 3280. The lowest BCUT2D eigenvalue weighted by Gasteiger charge is -2.45. The predicted molar refractivity (Wildman–Crippen MR) is 417 cm³/mol. The third kappa shape index (κ3) is 20.9. The molecule has 8 atom stereocenters. The van der Waals surface area contributed by atoms with E-state index >= 15 is 0 Å². The third-order valence-electron chi connectivity index (χ3n) is 24.0. The number of rotatable bonds is 15. The molecule has 0 spiro atoms. The van der Waals surface area contributed by atoms with Crippen molar-refractivity contribution in [2.45, 2.75) is 316 Å². The Morgan fingerprint density at radius 3 is 1.49 bits per heavy atom. The number of benzene rings is 2. The molecule has 9 aliphatic rings. The highest BCUT2D eigenvalue weighted by atomic mass is 31.2. The molecule has 0 amide bonds. The van der Waals surface area contributed by atoms with Gasteiger partial charge in [0, 0.05) is 66.0 Å². The van der Waals surface area contributed by atoms with Gasteiger partial charge < -0.3 is 37.9 Å². The first kappa shape index (κ1) is 80.2. The third-order valence-corrected chi connectivity index (χ3v) is 37.1. The van der Waals surface area contributed by atoms with Gasteiger partial charge in [-0.3, -0.25) is 4.79 Å². The summed E-state index contributed by atoms with van der Waals surface area (Å²) >= 11 is 0. The number of allylic oxidation sites excluding steroid dienone is 8. The molecular weight excluding hydrogens is 1280 g/mol. The minimum absolute atomic E-state index is 0.109. The Morgan fingerprint density at radius 2 is 1.05 bits per heavy atom. The van der Waals surface area contributed by atoms with Crippen LogP contribution < -0.4 is 10.6 Å². The van der Waals surface area contributed by atoms with Crippen molar-refractivity contribution in [2.24, 2.45) is 33.5 Å². The van der Waals surface area contributed by atoms with Crippen LogP contribution in [0, 0.1) is 57.2 Å². The number of Topliss-reactive ketones (excluding diaryl/α,β-unsaturated/α-hetero) is 1. The van der Waals surface area contributed by atoms with Crippen molar-refractivity contribution in [3.8, 4) is 23.7 Å². The minimum atomic E-state index is -2.81. The second-order valence-electron chi connectivity index (χ2n) is 36.6. The summed E-state index contributed by atoms with van der Waals surface area (Å²) in [7, 11) is -8.27. The second-order valence-corrected chi connectivity index (χ2v) is 53.4. The van der Waals surface area contributed by atoms with E-state index in [2.05, 4.69) is 169 Å². The summed E-state index contributed by atoms with van der Waals surface area (Å²) in [5.74, 6) is 14.5. The Morgan fingerprint density at radius 1 is 0.592 bits per heavy atom. The summed E-state index contributed by atoms with van der Waals surface area (Å²) in [6.07, 6.45) is 34.3. The molecule has 0 aromatic heterocycles. The molecule has 2 aromatic rings. The van der Waals surface area contributed by atoms with Gasteiger partial charge >= 0.3 is 0 Å². The van der Waals surface area contributed by atoms with Gasteiger partial charge in [-0.25, -0.2) is 0 Å². The van der Waals surface area contributed by atoms with E-state index in [9.17, 15) is 24.7 Å². The Labute approximate surface area is 598 Å². The summed E-state index contributed by atoms with van der Waals surface area (Å²) in [6.45, 7) is 44.3. The highest BCUT2D eigenvalue weighted by Gasteiger charge is 2.59. The van der Waals surface area contributed by atoms with Gasteiger partial charge in [0.05, 0.1) is 24.4 Å². The van der Waals surface area contributed by atoms with E-state index in [4.69, 9.17) is 18.0 Å². The Kier molecular flexibility index (Phi) is 26.1. The largest absolute Gasteiger partial charge is 0.414 e. The number of hydrogen-bond acceptors (Lipinski definition) is 9. The first-order valence-electron chi connectivity index (χ1n) is 38.0. The molecule has 9 nitrogen and oxygen atoms in total. The van der Waals surface area contributed by atoms with Crippen LogP contribution in [0.25, 0.3) is 0 Å². The summed E-state index contributed by atoms with van der Waals surface area (Å²) in [5.41, 5.74) is 6.78. The molecule has 4 unspecified atom stereocenters. The molecule has 542 valence electrons. The van der Waals surface area contributed by atoms with Crippen LogP contribution in [0.4, 0.5) is 0 Å². The SMILES string of the molecule is C1CCOC1.CC(C)(C#CCC1(C2=CCC3C(=O)CCC[C@]23C)CC1)O[Si](C)(C)C.CC(C)(C)[Si](C)(C)OC1CC(=CCP(=O)(c2ccccc2)c2ccccc2)C[C@@H](O[Si](C)(C)C(C)(C)C)C1.CC(C)(O)C#CCC1(C2=CCC3/C(=C/C=C4CC(O)C[C@H](O)C4)CCC[C@]23C)CC1. The molecule has 98 heavy (non-hydrogen) atoms. The van der Waals surface area contributed by atoms with E-state index < -0.39 is 49.9 Å². The molecule has 1 aliphatic heterocycles. The van der Waals surface area contributed by atoms with Crippen molar-refractivity contribution in [1.29, 1.82) is 0 Å². The van der Waals surface area contributed by atoms with Crippen LogP contribution >= 0.6 is 7.14 Å². The van der Waals surface area contributed by atoms with Crippen molar-refractivity contribution >= 4 is 48.5 Å². The van der Waals surface area contributed by atoms with Crippen LogP contribution in [0.3, 0.4) is 0 Å². The monoisotopic (exact) mass is 1410 g/mol. The van der Waals surface area contributed by atoms with Crippen LogP contribution in [0.1, 0.15) is 224 Å². The Balaban J connectivity index is 0.000000184. The molecular formula is C85H131O9PSi3. The molecule has 6 saturated carbocycles. The number of carbonyl (C=O) groups excluding carboxylic acids is 1. The fourth-order valence-corrected chi connectivity index (χ4v) is 23.5. The normalized spacial score (nSPS) is 29.0. The van der Waals surface area contributed by atoms with Gasteiger partial charge in [-0.2, -0.15) is 0 Å². The molecule has 13 heteroatoms. The minimum Gasteiger partial charge on any atom is -0.414 e. The number of aliphatic hydroxyl groups is 3. The predicted octanol–water partition coefficient (Wildman–Crippen LogP) is 20.0. The zero-order chi connectivity index (χ0) is 72.0. The number of hydrogen-bond donors (Lipinski definition) is 3. The lowest BCUT2D eigenvalue weighted by Crippen LogP contribution is -2.48. The average Bonchev–Trinajstić information content (AvgIpc) is 1.57. The zero-order valence-electron chi connectivity index (χ0n) is 64.5. The van der Waals surface area contributed by atoms with Crippen molar-refractivity contribution < 1.29 is 42.7 Å². The molecule has 11 rings (SSSR count). The number of aliphatic hydroxyl groups excluding tert-OH is 2. The van der Waals surface area contributed by atoms with Gasteiger partial charge in [0.15, 0.2) is 25.0 Å². The van der Waals surface area contributed by atoms with Gasteiger partial charge in [-0.1, -0.05) is 198 Å². The van der Waals surface area contributed by atoms with Crippen LogP contribution in [0.5, 0.6) is 0 Å². The van der Waals surface area contributed by atoms with E-state index in [0.717, 1.165) is 88.0 Å². The van der Waals surface area contributed by atoms with Crippen molar-refractivity contribution in [1.82, 2.24) is 0 Å². The first-order chi connectivity index (χ1) is 45.5. The maximum absolute atomic E-state index is 14.6. The van der Waals surface area contributed by atoms with E-state index in [0.29, 0.717) is 37.1 Å². The quantitative estimate of drug-likeness (QED) is 0.0690. The molecule has 0 radical (unpaired) electrons. The average molecular weight is 1410 g/mol.